The number of benzene rings is 1. The molecule has 2 heterocycles. The summed E-state index contributed by atoms with van der Waals surface area (Å²) in [5, 5.41) is 0. The lowest BCUT2D eigenvalue weighted by Crippen LogP contribution is -2.64. The summed E-state index contributed by atoms with van der Waals surface area (Å²) in [6.07, 6.45) is 5.43. The number of likely N-dealkylation sites (tertiary alicyclic amines) is 1. The summed E-state index contributed by atoms with van der Waals surface area (Å²) in [5.74, 6) is 3.41. The van der Waals surface area contributed by atoms with Crippen LogP contribution in [-0.4, -0.2) is 37.7 Å². The topological polar surface area (TPSA) is 21.7 Å². The Morgan fingerprint density at radius 1 is 1.32 bits per heavy atom. The number of piperidine rings is 1. The Morgan fingerprint density at radius 3 is 3.00 bits per heavy atom. The maximum Gasteiger partial charge on any atom is 0.165 e. The molecule has 22 heavy (non-hydrogen) atoms. The zero-order valence-corrected chi connectivity index (χ0v) is 13.8. The second kappa shape index (κ2) is 4.19. The highest BCUT2D eigenvalue weighted by atomic mass is 16.5. The summed E-state index contributed by atoms with van der Waals surface area (Å²) in [4.78, 5) is 2.61. The van der Waals surface area contributed by atoms with Crippen LogP contribution in [0.4, 0.5) is 0 Å². The zero-order valence-electron chi connectivity index (χ0n) is 13.8. The van der Waals surface area contributed by atoms with Crippen LogP contribution in [0.15, 0.2) is 12.1 Å². The molecule has 2 bridgehead atoms. The number of hydrogen-bond acceptors (Lipinski definition) is 3. The first-order valence-corrected chi connectivity index (χ1v) is 8.74. The van der Waals surface area contributed by atoms with Gasteiger partial charge < -0.3 is 14.4 Å². The van der Waals surface area contributed by atoms with Crippen molar-refractivity contribution in [2.24, 2.45) is 11.8 Å². The van der Waals surface area contributed by atoms with Gasteiger partial charge in [-0.15, -0.1) is 0 Å². The van der Waals surface area contributed by atoms with Crippen LogP contribution in [0, 0.1) is 11.8 Å². The van der Waals surface area contributed by atoms with Crippen LogP contribution >= 0.6 is 0 Å². The van der Waals surface area contributed by atoms with Crippen molar-refractivity contribution >= 4 is 0 Å². The van der Waals surface area contributed by atoms with Crippen molar-refractivity contribution in [1.82, 2.24) is 4.90 Å². The average molecular weight is 299 g/mol. The van der Waals surface area contributed by atoms with Gasteiger partial charge in [0.05, 0.1) is 7.11 Å². The number of nitrogens with zero attached hydrogens (tertiary/aromatic N) is 1. The summed E-state index contributed by atoms with van der Waals surface area (Å²) in [7, 11) is 4.08. The Bertz CT molecular complexity index is 643. The van der Waals surface area contributed by atoms with Crippen LogP contribution in [0.5, 0.6) is 11.5 Å². The molecule has 3 unspecified atom stereocenters. The van der Waals surface area contributed by atoms with E-state index in [0.29, 0.717) is 18.1 Å². The van der Waals surface area contributed by atoms with E-state index in [2.05, 4.69) is 31.0 Å². The second-order valence-electron chi connectivity index (χ2n) is 7.87. The molecule has 0 radical (unpaired) electrons. The summed E-state index contributed by atoms with van der Waals surface area (Å²) < 4.78 is 12.2. The van der Waals surface area contributed by atoms with Gasteiger partial charge in [0.2, 0.25) is 0 Å². The third-order valence-corrected chi connectivity index (χ3v) is 7.10. The largest absolute Gasteiger partial charge is 0.493 e. The van der Waals surface area contributed by atoms with Gasteiger partial charge in [-0.25, -0.2) is 0 Å². The molecule has 2 aliphatic carbocycles. The summed E-state index contributed by atoms with van der Waals surface area (Å²) in [5.41, 5.74) is 3.30. The Labute approximate surface area is 132 Å². The standard InChI is InChI=1S/C19H25NO2/c1-11-4-6-13-14-10-12-5-7-15(21-3)17-16(12)19(13,18(11)22-17)8-9-20(14)2/h5,7,11,13-14,18H,4,6,8-10H2,1-3H3/t11?,13?,14?,18-,19-/m0/s1. The zero-order chi connectivity index (χ0) is 15.1. The summed E-state index contributed by atoms with van der Waals surface area (Å²) >= 11 is 0. The van der Waals surface area contributed by atoms with E-state index in [4.69, 9.17) is 9.47 Å². The monoisotopic (exact) mass is 299 g/mol. The van der Waals surface area contributed by atoms with E-state index in [9.17, 15) is 0 Å². The van der Waals surface area contributed by atoms with Crippen molar-refractivity contribution in [2.45, 2.75) is 50.2 Å². The van der Waals surface area contributed by atoms with Crippen molar-refractivity contribution in [3.8, 4) is 11.5 Å². The smallest absolute Gasteiger partial charge is 0.165 e. The molecular weight excluding hydrogens is 274 g/mol. The first-order valence-electron chi connectivity index (χ1n) is 8.74. The molecule has 3 nitrogen and oxygen atoms in total. The van der Waals surface area contributed by atoms with Crippen LogP contribution in [0.1, 0.15) is 37.3 Å². The lowest BCUT2D eigenvalue weighted by atomic mass is 9.50. The number of ether oxygens (including phenoxy) is 2. The van der Waals surface area contributed by atoms with Crippen molar-refractivity contribution in [1.29, 1.82) is 0 Å². The fraction of sp³-hybridized carbons (Fsp3) is 0.684. The maximum atomic E-state index is 6.60. The van der Waals surface area contributed by atoms with Crippen LogP contribution < -0.4 is 9.47 Å². The molecule has 2 aliphatic heterocycles. The Morgan fingerprint density at radius 2 is 2.18 bits per heavy atom. The van der Waals surface area contributed by atoms with Gasteiger partial charge in [-0.3, -0.25) is 0 Å². The van der Waals surface area contributed by atoms with Crippen LogP contribution in [-0.2, 0) is 11.8 Å². The third-order valence-electron chi connectivity index (χ3n) is 7.10. The summed E-state index contributed by atoms with van der Waals surface area (Å²) in [6.45, 7) is 3.58. The van der Waals surface area contributed by atoms with Crippen LogP contribution in [0.3, 0.4) is 0 Å². The minimum Gasteiger partial charge on any atom is -0.493 e. The van der Waals surface area contributed by atoms with E-state index in [1.807, 2.05) is 0 Å². The van der Waals surface area contributed by atoms with Gasteiger partial charge in [0, 0.05) is 17.0 Å². The molecule has 1 aromatic carbocycles. The Balaban J connectivity index is 1.80. The molecule has 2 fully saturated rings. The number of likely N-dealkylation sites (N-methyl/N-ethyl adjacent to an activating group) is 1. The molecule has 3 heteroatoms. The minimum absolute atomic E-state index is 0.256. The van der Waals surface area contributed by atoms with Crippen LogP contribution in [0.25, 0.3) is 0 Å². The molecule has 118 valence electrons. The van der Waals surface area contributed by atoms with E-state index < -0.39 is 0 Å². The molecule has 4 aliphatic rings. The van der Waals surface area contributed by atoms with Gasteiger partial charge in [0.15, 0.2) is 11.5 Å². The number of methoxy groups -OCH3 is 1. The molecule has 1 spiro atoms. The molecule has 0 N–H and O–H groups in total. The second-order valence-corrected chi connectivity index (χ2v) is 7.87. The molecule has 1 saturated carbocycles. The normalized spacial score (nSPS) is 41.8. The SMILES string of the molecule is COc1ccc2c3c1O[C@H]1C(C)CCC4C(C2)N(C)CC[C@@]341. The highest BCUT2D eigenvalue weighted by Gasteiger charge is 2.64. The predicted molar refractivity (Wildman–Crippen MR) is 85.7 cm³/mol. The van der Waals surface area contributed by atoms with Crippen molar-refractivity contribution in [3.63, 3.8) is 0 Å². The molecular formula is C19H25NO2. The molecule has 5 atom stereocenters. The van der Waals surface area contributed by atoms with Crippen molar-refractivity contribution < 1.29 is 9.47 Å². The van der Waals surface area contributed by atoms with E-state index in [-0.39, 0.29) is 5.41 Å². The minimum atomic E-state index is 0.256. The van der Waals surface area contributed by atoms with Gasteiger partial charge in [-0.05, 0) is 62.7 Å². The highest BCUT2D eigenvalue weighted by molar-refractivity contribution is 5.61. The molecule has 0 amide bonds. The van der Waals surface area contributed by atoms with E-state index in [1.54, 1.807) is 7.11 Å². The average Bonchev–Trinajstić information content (AvgIpc) is 2.88. The van der Waals surface area contributed by atoms with E-state index in [1.165, 1.54) is 43.4 Å². The van der Waals surface area contributed by atoms with Crippen molar-refractivity contribution in [2.75, 3.05) is 20.7 Å². The number of hydrogen-bond donors (Lipinski definition) is 0. The van der Waals surface area contributed by atoms with Gasteiger partial charge in [0.1, 0.15) is 6.10 Å². The Kier molecular flexibility index (Phi) is 2.52. The number of rotatable bonds is 1. The lowest BCUT2D eigenvalue weighted by molar-refractivity contribution is -0.0650. The van der Waals surface area contributed by atoms with E-state index >= 15 is 0 Å². The molecule has 1 aromatic rings. The highest BCUT2D eigenvalue weighted by Crippen LogP contribution is 2.64. The molecule has 5 rings (SSSR count). The van der Waals surface area contributed by atoms with Crippen molar-refractivity contribution in [3.05, 3.63) is 23.3 Å². The first-order chi connectivity index (χ1) is 10.7. The summed E-state index contributed by atoms with van der Waals surface area (Å²) in [6, 6.07) is 5.11. The molecule has 0 aromatic heterocycles. The third kappa shape index (κ3) is 1.33. The lowest BCUT2D eigenvalue weighted by Gasteiger charge is -2.58. The fourth-order valence-electron chi connectivity index (χ4n) is 6.15. The fourth-order valence-corrected chi connectivity index (χ4v) is 6.15. The van der Waals surface area contributed by atoms with E-state index in [0.717, 1.165) is 17.4 Å². The predicted octanol–water partition coefficient (Wildman–Crippen LogP) is 3.00. The van der Waals surface area contributed by atoms with Crippen LogP contribution in [0.2, 0.25) is 0 Å². The Hall–Kier alpha value is -1.22. The molecule has 1 saturated heterocycles. The van der Waals surface area contributed by atoms with Gasteiger partial charge >= 0.3 is 0 Å². The van der Waals surface area contributed by atoms with Gasteiger partial charge in [0.25, 0.3) is 0 Å². The first kappa shape index (κ1) is 13.2. The quantitative estimate of drug-likeness (QED) is 0.796. The van der Waals surface area contributed by atoms with Gasteiger partial charge in [-0.2, -0.15) is 0 Å². The van der Waals surface area contributed by atoms with Gasteiger partial charge in [-0.1, -0.05) is 13.0 Å². The maximum absolute atomic E-state index is 6.60.